The fourth-order valence-corrected chi connectivity index (χ4v) is 9.21. The third-order valence-electron chi connectivity index (χ3n) is 13.4. The number of carbonyl (C=O) groups is 6. The number of anilines is 1. The lowest BCUT2D eigenvalue weighted by molar-refractivity contribution is -0.172. The lowest BCUT2D eigenvalue weighted by atomic mass is 9.81. The van der Waals surface area contributed by atoms with Crippen molar-refractivity contribution in [2.45, 2.75) is 109 Å². The predicted molar refractivity (Wildman–Crippen MR) is 242 cm³/mol. The number of alkyl carbamates (subject to hydrolysis) is 1. The summed E-state index contributed by atoms with van der Waals surface area (Å²) in [6.45, 7) is 6.27. The number of primary amides is 1. The van der Waals surface area contributed by atoms with Gasteiger partial charge in [-0.15, -0.1) is 0 Å². The van der Waals surface area contributed by atoms with Crippen LogP contribution in [0.3, 0.4) is 0 Å². The second-order valence-electron chi connectivity index (χ2n) is 18.1. The van der Waals surface area contributed by atoms with Gasteiger partial charge < -0.3 is 61.9 Å². The van der Waals surface area contributed by atoms with Gasteiger partial charge in [0.05, 0.1) is 54.3 Å². The Labute approximate surface area is 389 Å². The van der Waals surface area contributed by atoms with Crippen molar-refractivity contribution in [1.29, 1.82) is 0 Å². The number of aliphatic hydroxyl groups is 1. The zero-order valence-electron chi connectivity index (χ0n) is 38.0. The highest BCUT2D eigenvalue weighted by atomic mass is 19.1. The van der Waals surface area contributed by atoms with Crippen LogP contribution < -0.4 is 43.6 Å². The third kappa shape index (κ3) is 8.71. The van der Waals surface area contributed by atoms with Gasteiger partial charge in [0.2, 0.25) is 11.8 Å². The second kappa shape index (κ2) is 18.6. The Morgan fingerprint density at radius 1 is 1.06 bits per heavy atom. The van der Waals surface area contributed by atoms with Crippen LogP contribution in [0.25, 0.3) is 22.3 Å². The number of nitrogens with zero attached hydrogens (tertiary/aromatic N) is 2. The molecule has 0 radical (unpaired) electrons. The number of nitrogens with two attached hydrogens (primary N) is 2. The van der Waals surface area contributed by atoms with E-state index < -0.39 is 76.5 Å². The van der Waals surface area contributed by atoms with Crippen molar-refractivity contribution in [1.82, 2.24) is 30.8 Å². The molecule has 68 heavy (non-hydrogen) atoms. The van der Waals surface area contributed by atoms with Crippen molar-refractivity contribution in [3.8, 4) is 11.4 Å². The number of amides is 6. The topological polar surface area (TPSA) is 297 Å². The predicted octanol–water partition coefficient (Wildman–Crippen LogP) is 2.18. The zero-order valence-corrected chi connectivity index (χ0v) is 38.0. The summed E-state index contributed by atoms with van der Waals surface area (Å²) < 4.78 is 33.1. The molecule has 0 saturated carbocycles. The van der Waals surface area contributed by atoms with Crippen LogP contribution in [0.15, 0.2) is 41.2 Å². The largest absolute Gasteiger partial charge is 0.458 e. The fourth-order valence-electron chi connectivity index (χ4n) is 9.21. The number of urea groups is 1. The summed E-state index contributed by atoms with van der Waals surface area (Å²) in [7, 11) is 0. The number of hydrogen-bond acceptors (Lipinski definition) is 13. The highest BCUT2D eigenvalue weighted by molar-refractivity contribution is 5.98. The highest BCUT2D eigenvalue weighted by Crippen LogP contribution is 2.46. The quantitative estimate of drug-likeness (QED) is 0.0553. The number of ether oxygens (including phenoxy) is 3. The Balaban J connectivity index is 0.958. The lowest BCUT2D eigenvalue weighted by Gasteiger charge is -2.41. The molecule has 1 fully saturated rings. The van der Waals surface area contributed by atoms with E-state index >= 15 is 4.39 Å². The molecule has 0 unspecified atom stereocenters. The lowest BCUT2D eigenvalue weighted by Crippen LogP contribution is -2.70. The molecular formula is C47H54FN9O11. The first-order valence-corrected chi connectivity index (χ1v) is 22.5. The van der Waals surface area contributed by atoms with Crippen molar-refractivity contribution in [3.05, 3.63) is 91.5 Å². The first-order chi connectivity index (χ1) is 32.3. The number of pyridine rings is 2. The van der Waals surface area contributed by atoms with Crippen LogP contribution in [0, 0.1) is 18.7 Å². The first kappa shape index (κ1) is 47.5. The Hall–Kier alpha value is -6.97. The van der Waals surface area contributed by atoms with Gasteiger partial charge in [-0.1, -0.05) is 32.9 Å². The Morgan fingerprint density at radius 3 is 2.46 bits per heavy atom. The third-order valence-corrected chi connectivity index (χ3v) is 13.4. The minimum absolute atomic E-state index is 0.0450. The summed E-state index contributed by atoms with van der Waals surface area (Å²) in [5.41, 5.74) is 11.7. The van der Waals surface area contributed by atoms with Crippen molar-refractivity contribution < 1.29 is 52.5 Å². The molecule has 5 heterocycles. The van der Waals surface area contributed by atoms with Gasteiger partial charge >= 0.3 is 18.1 Å². The molecule has 1 aliphatic carbocycles. The van der Waals surface area contributed by atoms with Crippen LogP contribution in [0.2, 0.25) is 0 Å². The number of cyclic esters (lactones) is 1. The summed E-state index contributed by atoms with van der Waals surface area (Å²) in [5, 5.41) is 25.7. The number of rotatable bonds is 15. The van der Waals surface area contributed by atoms with Gasteiger partial charge in [-0.05, 0) is 85.4 Å². The molecule has 0 spiro atoms. The van der Waals surface area contributed by atoms with E-state index in [1.165, 1.54) is 10.6 Å². The molecule has 2 aromatic carbocycles. The molecule has 6 amide bonds. The molecule has 10 N–H and O–H groups in total. The molecule has 4 atom stereocenters. The number of aryl methyl sites for hydroxylation is 1. The summed E-state index contributed by atoms with van der Waals surface area (Å²) in [4.78, 5) is 96.4. The highest BCUT2D eigenvalue weighted by Gasteiger charge is 2.50. The number of aromatic nitrogens is 2. The minimum Gasteiger partial charge on any atom is -0.458 e. The number of benzene rings is 2. The van der Waals surface area contributed by atoms with E-state index in [-0.39, 0.29) is 69.4 Å². The maximum atomic E-state index is 15.5. The number of carbonyl (C=O) groups excluding carboxylic acids is 6. The van der Waals surface area contributed by atoms with E-state index in [9.17, 15) is 38.7 Å². The molecule has 3 aliphatic heterocycles. The summed E-state index contributed by atoms with van der Waals surface area (Å²) in [6.07, 6.45) is 0.326. The van der Waals surface area contributed by atoms with Gasteiger partial charge in [0.25, 0.3) is 11.5 Å². The van der Waals surface area contributed by atoms with Gasteiger partial charge in [-0.3, -0.25) is 19.2 Å². The fraction of sp³-hybridized carbons (Fsp3) is 0.447. The summed E-state index contributed by atoms with van der Waals surface area (Å²) >= 11 is 0. The van der Waals surface area contributed by atoms with Gasteiger partial charge in [0, 0.05) is 34.8 Å². The maximum absolute atomic E-state index is 15.5. The molecule has 8 rings (SSSR count). The average molecular weight is 940 g/mol. The standard InChI is InChI=1S/C47H54FN9O11/c1-5-47(65)29-15-34-38-27(17-57(34)41(60)28(29)19-67-43(47)62)36-31(13-12-26-23(4)30(48)16-33(53-38)35(26)36)55-42(61)46(20-66-21-46)56-45(64)68-18-24-8-10-25(11-9-24)52-39(58)32(7-6-14-51-44(50)63)54-40(59)37(49)22(2)3/h8-11,15-16,22,31-32,37,65H,5-7,12-14,17-21,49H2,1-4H3,(H,52,58)(H,54,59)(H,55,61)(H,56,64)(H3,50,51,63)/t31-,32+,37+,47-/m1/s1. The van der Waals surface area contributed by atoms with Crippen LogP contribution in [0.1, 0.15) is 91.4 Å². The number of hydrogen-bond donors (Lipinski definition) is 8. The summed E-state index contributed by atoms with van der Waals surface area (Å²) in [5.74, 6) is -3.06. The Bertz CT molecular complexity index is 2810. The van der Waals surface area contributed by atoms with E-state index in [0.29, 0.717) is 69.5 Å². The van der Waals surface area contributed by atoms with Crippen molar-refractivity contribution in [3.63, 3.8) is 0 Å². The van der Waals surface area contributed by atoms with Crippen molar-refractivity contribution in [2.24, 2.45) is 17.4 Å². The average Bonchev–Trinajstić information content (AvgIpc) is 3.67. The van der Waals surface area contributed by atoms with E-state index in [2.05, 4.69) is 26.6 Å². The van der Waals surface area contributed by atoms with Gasteiger partial charge in [-0.2, -0.15) is 0 Å². The van der Waals surface area contributed by atoms with E-state index in [1.54, 1.807) is 58.0 Å². The second-order valence-corrected chi connectivity index (χ2v) is 18.1. The number of esters is 1. The van der Waals surface area contributed by atoms with Gasteiger partial charge in [0.15, 0.2) is 11.1 Å². The molecule has 0 bridgehead atoms. The summed E-state index contributed by atoms with van der Waals surface area (Å²) in [6, 6.07) is 6.13. The molecule has 1 saturated heterocycles. The maximum Gasteiger partial charge on any atom is 0.408 e. The van der Waals surface area contributed by atoms with Gasteiger partial charge in [0.1, 0.15) is 25.1 Å². The molecule has 4 aliphatic rings. The van der Waals surface area contributed by atoms with E-state index in [4.69, 9.17) is 30.7 Å². The van der Waals surface area contributed by atoms with E-state index in [0.717, 1.165) is 5.56 Å². The minimum atomic E-state index is -2.05. The van der Waals surface area contributed by atoms with E-state index in [1.807, 2.05) is 0 Å². The van der Waals surface area contributed by atoms with Crippen LogP contribution >= 0.6 is 0 Å². The molecule has 20 nitrogen and oxygen atoms in total. The number of halogens is 1. The Kier molecular flexibility index (Phi) is 13.0. The SMILES string of the molecule is CC[C@]1(O)C(=O)OCc2c1cc1n(c2=O)Cc2c-1nc1cc(F)c(C)c3c1c2[C@H](NC(=O)C1(NC(=O)OCc2ccc(NC(=O)[C@H](CCCNC(N)=O)NC(=O)[C@@H](N)C(C)C)cc2)COC1)CC3. The molecule has 2 aromatic heterocycles. The molecule has 21 heteroatoms. The first-order valence-electron chi connectivity index (χ1n) is 22.5. The molecular weight excluding hydrogens is 886 g/mol. The monoisotopic (exact) mass is 939 g/mol. The molecule has 4 aromatic rings. The zero-order chi connectivity index (χ0) is 48.8. The van der Waals surface area contributed by atoms with Crippen molar-refractivity contribution in [2.75, 3.05) is 25.1 Å². The normalized spacial score (nSPS) is 19.3. The van der Waals surface area contributed by atoms with Gasteiger partial charge in [-0.25, -0.2) is 23.8 Å². The van der Waals surface area contributed by atoms with Crippen molar-refractivity contribution >= 4 is 52.4 Å². The van der Waals surface area contributed by atoms with Crippen LogP contribution in [0.4, 0.5) is 19.7 Å². The van der Waals surface area contributed by atoms with Crippen LogP contribution in [-0.2, 0) is 65.2 Å². The van der Waals surface area contributed by atoms with Crippen LogP contribution in [-0.4, -0.2) is 87.9 Å². The number of nitrogens with one attached hydrogen (secondary N) is 5. The number of fused-ring (bicyclic) bond motifs is 5. The molecule has 360 valence electrons. The smallest absolute Gasteiger partial charge is 0.408 e. The Morgan fingerprint density at radius 2 is 1.79 bits per heavy atom. The van der Waals surface area contributed by atoms with Crippen LogP contribution in [0.5, 0.6) is 0 Å².